The lowest BCUT2D eigenvalue weighted by molar-refractivity contribution is -0.115. The number of benzene rings is 2. The van der Waals surface area contributed by atoms with Crippen molar-refractivity contribution in [2.75, 3.05) is 4.90 Å². The van der Waals surface area contributed by atoms with Gasteiger partial charge < -0.3 is 0 Å². The molecule has 0 fully saturated rings. The molecule has 0 unspecified atom stereocenters. The third-order valence-corrected chi connectivity index (χ3v) is 7.25. The van der Waals surface area contributed by atoms with Gasteiger partial charge in [-0.05, 0) is 36.2 Å². The first-order chi connectivity index (χ1) is 16.6. The highest BCUT2D eigenvalue weighted by molar-refractivity contribution is 7.98. The Bertz CT molecular complexity index is 1430. The summed E-state index contributed by atoms with van der Waals surface area (Å²) in [4.78, 5) is 27.7. The number of para-hydroxylation sites is 1. The summed E-state index contributed by atoms with van der Waals surface area (Å²) in [6.07, 6.45) is 4.32. The molecule has 0 aliphatic heterocycles. The van der Waals surface area contributed by atoms with Crippen molar-refractivity contribution in [1.29, 1.82) is 0 Å². The summed E-state index contributed by atoms with van der Waals surface area (Å²) in [5.74, 6) is 0.559. The number of thiazole rings is 1. The minimum atomic E-state index is -0.0661. The zero-order valence-electron chi connectivity index (χ0n) is 18.8. The molecule has 0 atom stereocenters. The molecule has 34 heavy (non-hydrogen) atoms. The lowest BCUT2D eigenvalue weighted by Crippen LogP contribution is -2.22. The highest BCUT2D eigenvalue weighted by Crippen LogP contribution is 2.33. The second-order valence-electron chi connectivity index (χ2n) is 7.59. The summed E-state index contributed by atoms with van der Waals surface area (Å²) in [5, 5.41) is 8.92. The number of rotatable bonds is 7. The molecule has 0 spiro atoms. The van der Waals surface area contributed by atoms with Crippen molar-refractivity contribution in [3.63, 3.8) is 0 Å². The molecule has 0 saturated heterocycles. The van der Waals surface area contributed by atoms with Crippen LogP contribution in [0.25, 0.3) is 16.7 Å². The first-order valence-electron chi connectivity index (χ1n) is 10.8. The second-order valence-corrected chi connectivity index (χ2v) is 9.39. The molecule has 1 amide bonds. The highest BCUT2D eigenvalue weighted by atomic mass is 32.2. The van der Waals surface area contributed by atoms with E-state index in [1.807, 2.05) is 64.7 Å². The lowest BCUT2D eigenvalue weighted by Gasteiger charge is -2.18. The topological polar surface area (TPSA) is 76.8 Å². The zero-order chi connectivity index (χ0) is 23.5. The molecule has 0 bridgehead atoms. The van der Waals surface area contributed by atoms with Gasteiger partial charge in [-0.25, -0.2) is 19.6 Å². The average molecular weight is 487 g/mol. The maximum absolute atomic E-state index is 12.4. The molecular formula is C25H22N6OS2. The molecule has 0 aliphatic carbocycles. The van der Waals surface area contributed by atoms with Gasteiger partial charge in [-0.1, -0.05) is 49.0 Å². The monoisotopic (exact) mass is 486 g/mol. The van der Waals surface area contributed by atoms with Gasteiger partial charge in [-0.3, -0.25) is 9.69 Å². The SMILES string of the molecule is CCc1ccc(N(C(C)=O)c2nc(CSc3ncnc4c3cnn4-c3ccccc3)cs2)cc1. The maximum Gasteiger partial charge on any atom is 0.230 e. The van der Waals surface area contributed by atoms with Crippen molar-refractivity contribution in [1.82, 2.24) is 24.7 Å². The number of aromatic nitrogens is 5. The Morgan fingerprint density at radius 3 is 2.62 bits per heavy atom. The molecule has 0 aliphatic rings. The van der Waals surface area contributed by atoms with Crippen LogP contribution in [0.2, 0.25) is 0 Å². The van der Waals surface area contributed by atoms with Gasteiger partial charge in [0.2, 0.25) is 5.91 Å². The summed E-state index contributed by atoms with van der Waals surface area (Å²) in [6.45, 7) is 3.67. The Hall–Kier alpha value is -3.56. The zero-order valence-corrected chi connectivity index (χ0v) is 20.4. The normalized spacial score (nSPS) is 11.1. The van der Waals surface area contributed by atoms with Gasteiger partial charge in [0.05, 0.1) is 28.7 Å². The molecule has 170 valence electrons. The van der Waals surface area contributed by atoms with E-state index in [-0.39, 0.29) is 5.91 Å². The van der Waals surface area contributed by atoms with Crippen LogP contribution in [0.4, 0.5) is 10.8 Å². The van der Waals surface area contributed by atoms with Crippen LogP contribution in [0, 0.1) is 0 Å². The van der Waals surface area contributed by atoms with Crippen molar-refractivity contribution < 1.29 is 4.79 Å². The van der Waals surface area contributed by atoms with Gasteiger partial charge in [0, 0.05) is 18.1 Å². The van der Waals surface area contributed by atoms with E-state index in [0.717, 1.165) is 39.5 Å². The van der Waals surface area contributed by atoms with Crippen LogP contribution in [0.1, 0.15) is 25.1 Å². The summed E-state index contributed by atoms with van der Waals surface area (Å²) in [5.41, 5.74) is 4.66. The quantitative estimate of drug-likeness (QED) is 0.213. The Kier molecular flexibility index (Phi) is 6.37. The van der Waals surface area contributed by atoms with E-state index in [2.05, 4.69) is 22.0 Å². The molecule has 3 aromatic heterocycles. The molecule has 0 saturated carbocycles. The van der Waals surface area contributed by atoms with Gasteiger partial charge in [0.15, 0.2) is 10.8 Å². The Morgan fingerprint density at radius 1 is 1.09 bits per heavy atom. The number of carbonyl (C=O) groups is 1. The number of anilines is 2. The predicted octanol–water partition coefficient (Wildman–Crippen LogP) is 5.81. The van der Waals surface area contributed by atoms with Crippen LogP contribution in [-0.4, -0.2) is 30.6 Å². The Balaban J connectivity index is 1.36. The highest BCUT2D eigenvalue weighted by Gasteiger charge is 2.18. The van der Waals surface area contributed by atoms with E-state index in [9.17, 15) is 4.79 Å². The number of aryl methyl sites for hydroxylation is 1. The first kappa shape index (κ1) is 22.2. The molecular weight excluding hydrogens is 464 g/mol. The molecule has 5 rings (SSSR count). The standard InChI is InChI=1S/C25H22N6OS2/c1-3-18-9-11-20(12-10-18)30(17(2)32)25-29-19(15-34-25)14-33-24-22-13-28-31(23(22)26-16-27-24)21-7-5-4-6-8-21/h4-13,15-16H,3,14H2,1-2H3. The van der Waals surface area contributed by atoms with Crippen LogP contribution in [0.5, 0.6) is 0 Å². The fraction of sp³-hybridized carbons (Fsp3) is 0.160. The fourth-order valence-electron chi connectivity index (χ4n) is 3.61. The second kappa shape index (κ2) is 9.74. The lowest BCUT2D eigenvalue weighted by atomic mass is 10.1. The molecule has 7 nitrogen and oxygen atoms in total. The van der Waals surface area contributed by atoms with Crippen molar-refractivity contribution in [2.24, 2.45) is 0 Å². The minimum Gasteiger partial charge on any atom is -0.274 e. The minimum absolute atomic E-state index is 0.0661. The van der Waals surface area contributed by atoms with Gasteiger partial charge in [0.25, 0.3) is 0 Å². The molecule has 9 heteroatoms. The first-order valence-corrected chi connectivity index (χ1v) is 12.7. The number of hydrogen-bond acceptors (Lipinski definition) is 7. The van der Waals surface area contributed by atoms with E-state index < -0.39 is 0 Å². The third-order valence-electron chi connectivity index (χ3n) is 5.34. The third kappa shape index (κ3) is 4.44. The number of thioether (sulfide) groups is 1. The number of amides is 1. The molecule has 3 heterocycles. The van der Waals surface area contributed by atoms with E-state index >= 15 is 0 Å². The van der Waals surface area contributed by atoms with Crippen molar-refractivity contribution in [3.8, 4) is 5.69 Å². The Morgan fingerprint density at radius 2 is 1.88 bits per heavy atom. The number of carbonyl (C=O) groups excluding carboxylic acids is 1. The number of nitrogens with zero attached hydrogens (tertiary/aromatic N) is 6. The predicted molar refractivity (Wildman–Crippen MR) is 137 cm³/mol. The smallest absolute Gasteiger partial charge is 0.230 e. The van der Waals surface area contributed by atoms with Crippen molar-refractivity contribution in [3.05, 3.63) is 83.8 Å². The van der Waals surface area contributed by atoms with Crippen LogP contribution >= 0.6 is 23.1 Å². The van der Waals surface area contributed by atoms with Gasteiger partial charge >= 0.3 is 0 Å². The number of hydrogen-bond donors (Lipinski definition) is 0. The fourth-order valence-corrected chi connectivity index (χ4v) is 5.46. The summed E-state index contributed by atoms with van der Waals surface area (Å²) < 4.78 is 1.82. The van der Waals surface area contributed by atoms with E-state index in [1.165, 1.54) is 16.9 Å². The van der Waals surface area contributed by atoms with Crippen LogP contribution < -0.4 is 4.90 Å². The van der Waals surface area contributed by atoms with Crippen LogP contribution in [-0.2, 0) is 17.0 Å². The molecule has 2 aromatic carbocycles. The van der Waals surface area contributed by atoms with Gasteiger partial charge in [0.1, 0.15) is 11.4 Å². The maximum atomic E-state index is 12.4. The summed E-state index contributed by atoms with van der Waals surface area (Å²) in [7, 11) is 0. The van der Waals surface area contributed by atoms with Crippen LogP contribution in [0.15, 0.2) is 77.5 Å². The van der Waals surface area contributed by atoms with Crippen molar-refractivity contribution in [2.45, 2.75) is 31.0 Å². The molecule has 0 N–H and O–H groups in total. The number of fused-ring (bicyclic) bond motifs is 1. The summed E-state index contributed by atoms with van der Waals surface area (Å²) in [6, 6.07) is 17.9. The van der Waals surface area contributed by atoms with E-state index in [1.54, 1.807) is 36.1 Å². The Labute approximate surface area is 205 Å². The van der Waals surface area contributed by atoms with Gasteiger partial charge in [-0.15, -0.1) is 11.3 Å². The molecule has 0 radical (unpaired) electrons. The average Bonchev–Trinajstić information content (AvgIpc) is 3.51. The van der Waals surface area contributed by atoms with Gasteiger partial charge in [-0.2, -0.15) is 5.10 Å². The summed E-state index contributed by atoms with van der Waals surface area (Å²) >= 11 is 3.04. The van der Waals surface area contributed by atoms with E-state index in [0.29, 0.717) is 10.9 Å². The van der Waals surface area contributed by atoms with Crippen LogP contribution in [0.3, 0.4) is 0 Å². The van der Waals surface area contributed by atoms with E-state index in [4.69, 9.17) is 4.98 Å². The largest absolute Gasteiger partial charge is 0.274 e. The van der Waals surface area contributed by atoms with Crippen molar-refractivity contribution >= 4 is 50.9 Å². The molecule has 5 aromatic rings.